The van der Waals surface area contributed by atoms with Crippen LogP contribution in [0.1, 0.15) is 5.56 Å². The lowest BCUT2D eigenvalue weighted by atomic mass is 9.98. The maximum Gasteiger partial charge on any atom is 0.258 e. The third-order valence-corrected chi connectivity index (χ3v) is 2.34. The zero-order chi connectivity index (χ0) is 10.8. The average Bonchev–Trinajstić information content (AvgIpc) is 2.56. The van der Waals surface area contributed by atoms with Gasteiger partial charge in [-0.3, -0.25) is 4.79 Å². The lowest BCUT2D eigenvalue weighted by Crippen LogP contribution is -2.26. The molecule has 1 atom stereocenters. The quantitative estimate of drug-likeness (QED) is 0.523. The Hall–Kier alpha value is -1.97. The summed E-state index contributed by atoms with van der Waals surface area (Å²) in [5.74, 6) is -1.03. The first-order valence-corrected chi connectivity index (χ1v) is 4.61. The third kappa shape index (κ3) is 1.54. The van der Waals surface area contributed by atoms with E-state index in [0.29, 0.717) is 12.0 Å². The second-order valence-corrected chi connectivity index (χ2v) is 3.33. The number of carbonyl (C=O) groups excluding carboxylic acids is 2. The Morgan fingerprint density at radius 3 is 2.60 bits per heavy atom. The highest BCUT2D eigenvalue weighted by Crippen LogP contribution is 2.17. The predicted molar refractivity (Wildman–Crippen MR) is 55.3 cm³/mol. The molecular formula is C11H10N2O2. The minimum Gasteiger partial charge on any atom is -0.302 e. The van der Waals surface area contributed by atoms with Gasteiger partial charge in [0, 0.05) is 7.05 Å². The molecule has 0 saturated carbocycles. The molecule has 0 aliphatic carbocycles. The molecule has 1 aliphatic heterocycles. The highest BCUT2D eigenvalue weighted by molar-refractivity contribution is 6.23. The second kappa shape index (κ2) is 3.65. The van der Waals surface area contributed by atoms with Crippen LogP contribution in [0.4, 0.5) is 0 Å². The summed E-state index contributed by atoms with van der Waals surface area (Å²) in [7, 11) is 1.55. The molecule has 1 unspecified atom stereocenters. The van der Waals surface area contributed by atoms with Crippen LogP contribution in [0.5, 0.6) is 0 Å². The maximum atomic E-state index is 11.5. The lowest BCUT2D eigenvalue weighted by Gasteiger charge is -2.03. The van der Waals surface area contributed by atoms with Crippen molar-refractivity contribution < 1.29 is 9.59 Å². The van der Waals surface area contributed by atoms with E-state index in [2.05, 4.69) is 5.10 Å². The summed E-state index contributed by atoms with van der Waals surface area (Å²) < 4.78 is 0. The van der Waals surface area contributed by atoms with Crippen LogP contribution in [0.25, 0.3) is 0 Å². The fourth-order valence-corrected chi connectivity index (χ4v) is 1.56. The summed E-state index contributed by atoms with van der Waals surface area (Å²) >= 11 is 0. The monoisotopic (exact) mass is 202 g/mol. The molecule has 2 rings (SSSR count). The number of hydrogen-bond donors (Lipinski definition) is 0. The Kier molecular flexibility index (Phi) is 2.33. The zero-order valence-electron chi connectivity index (χ0n) is 8.25. The largest absolute Gasteiger partial charge is 0.302 e. The van der Waals surface area contributed by atoms with Crippen LogP contribution in [0.2, 0.25) is 0 Å². The molecule has 15 heavy (non-hydrogen) atoms. The molecule has 0 fully saturated rings. The molecule has 76 valence electrons. The first-order chi connectivity index (χ1) is 7.24. The van der Waals surface area contributed by atoms with Crippen molar-refractivity contribution in [3.8, 4) is 0 Å². The van der Waals surface area contributed by atoms with Crippen LogP contribution in [-0.2, 0) is 9.59 Å². The average molecular weight is 202 g/mol. The topological polar surface area (TPSA) is 49.7 Å². The smallest absolute Gasteiger partial charge is 0.258 e. The Bertz CT molecular complexity index is 425. The van der Waals surface area contributed by atoms with Crippen LogP contribution >= 0.6 is 0 Å². The van der Waals surface area contributed by atoms with Gasteiger partial charge in [0.05, 0.1) is 5.71 Å². The molecule has 4 heteroatoms. The minimum absolute atomic E-state index is 0.274. The van der Waals surface area contributed by atoms with Gasteiger partial charge in [-0.05, 0) is 5.56 Å². The van der Waals surface area contributed by atoms with E-state index in [4.69, 9.17) is 0 Å². The SMILES string of the molecule is CN1N=C(c2ccccc2)C(C=O)C1=O. The first-order valence-electron chi connectivity index (χ1n) is 4.61. The Labute approximate surface area is 87.2 Å². The van der Waals surface area contributed by atoms with E-state index in [9.17, 15) is 9.59 Å². The van der Waals surface area contributed by atoms with E-state index < -0.39 is 5.92 Å². The van der Waals surface area contributed by atoms with Gasteiger partial charge in [-0.15, -0.1) is 0 Å². The van der Waals surface area contributed by atoms with Gasteiger partial charge in [0.2, 0.25) is 0 Å². The normalized spacial score (nSPS) is 20.3. The molecule has 1 aromatic carbocycles. The van der Waals surface area contributed by atoms with Crippen LogP contribution in [0.3, 0.4) is 0 Å². The van der Waals surface area contributed by atoms with Crippen molar-refractivity contribution in [2.75, 3.05) is 7.05 Å². The van der Waals surface area contributed by atoms with Crippen molar-refractivity contribution in [1.29, 1.82) is 0 Å². The van der Waals surface area contributed by atoms with Gasteiger partial charge in [-0.25, -0.2) is 5.01 Å². The van der Waals surface area contributed by atoms with E-state index in [-0.39, 0.29) is 5.91 Å². The van der Waals surface area contributed by atoms with Gasteiger partial charge in [-0.2, -0.15) is 5.10 Å². The highest BCUT2D eigenvalue weighted by atomic mass is 16.2. The van der Waals surface area contributed by atoms with E-state index >= 15 is 0 Å². The number of carbonyl (C=O) groups is 2. The first kappa shape index (κ1) is 9.58. The standard InChI is InChI=1S/C11H10N2O2/c1-13-11(15)9(7-14)10(12-13)8-5-3-2-4-6-8/h2-7,9H,1H3. The van der Waals surface area contributed by atoms with Gasteiger partial charge >= 0.3 is 0 Å². The van der Waals surface area contributed by atoms with Crippen molar-refractivity contribution in [3.05, 3.63) is 35.9 Å². The number of amides is 1. The van der Waals surface area contributed by atoms with Gasteiger partial charge in [0.25, 0.3) is 5.91 Å². The third-order valence-electron chi connectivity index (χ3n) is 2.34. The molecular weight excluding hydrogens is 192 g/mol. The van der Waals surface area contributed by atoms with Crippen molar-refractivity contribution >= 4 is 17.9 Å². The number of nitrogens with zero attached hydrogens (tertiary/aromatic N) is 2. The highest BCUT2D eigenvalue weighted by Gasteiger charge is 2.34. The molecule has 0 bridgehead atoms. The second-order valence-electron chi connectivity index (χ2n) is 3.33. The molecule has 1 aromatic rings. The number of hydrazone groups is 1. The Balaban J connectivity index is 2.42. The van der Waals surface area contributed by atoms with Crippen molar-refractivity contribution in [2.45, 2.75) is 0 Å². The maximum absolute atomic E-state index is 11.5. The summed E-state index contributed by atoms with van der Waals surface area (Å²) in [6, 6.07) is 9.25. The summed E-state index contributed by atoms with van der Waals surface area (Å²) in [6.07, 6.45) is 0.637. The molecule has 0 radical (unpaired) electrons. The number of hydrogen-bond acceptors (Lipinski definition) is 3. The molecule has 0 spiro atoms. The van der Waals surface area contributed by atoms with Crippen molar-refractivity contribution in [3.63, 3.8) is 0 Å². The molecule has 0 N–H and O–H groups in total. The van der Waals surface area contributed by atoms with Gasteiger partial charge < -0.3 is 4.79 Å². The molecule has 1 heterocycles. The van der Waals surface area contributed by atoms with Crippen LogP contribution in [0, 0.1) is 5.92 Å². The van der Waals surface area contributed by atoms with E-state index in [1.165, 1.54) is 5.01 Å². The van der Waals surface area contributed by atoms with E-state index in [1.54, 1.807) is 7.05 Å². The molecule has 1 aliphatic rings. The molecule has 0 aromatic heterocycles. The number of benzene rings is 1. The summed E-state index contributed by atoms with van der Waals surface area (Å²) in [6.45, 7) is 0. The summed E-state index contributed by atoms with van der Waals surface area (Å²) in [5, 5.41) is 5.27. The zero-order valence-corrected chi connectivity index (χ0v) is 8.25. The number of aldehydes is 1. The Morgan fingerprint density at radius 2 is 2.00 bits per heavy atom. The van der Waals surface area contributed by atoms with Crippen LogP contribution in [0.15, 0.2) is 35.4 Å². The van der Waals surface area contributed by atoms with Gasteiger partial charge in [-0.1, -0.05) is 30.3 Å². The summed E-state index contributed by atoms with van der Waals surface area (Å²) in [5.41, 5.74) is 1.34. The molecule has 1 amide bonds. The van der Waals surface area contributed by atoms with Crippen LogP contribution < -0.4 is 0 Å². The number of rotatable bonds is 2. The van der Waals surface area contributed by atoms with Gasteiger partial charge in [0.1, 0.15) is 12.2 Å². The van der Waals surface area contributed by atoms with Crippen molar-refractivity contribution in [2.24, 2.45) is 11.0 Å². The minimum atomic E-state index is -0.752. The molecule has 0 saturated heterocycles. The van der Waals surface area contributed by atoms with E-state index in [1.807, 2.05) is 30.3 Å². The van der Waals surface area contributed by atoms with Gasteiger partial charge in [0.15, 0.2) is 0 Å². The fourth-order valence-electron chi connectivity index (χ4n) is 1.56. The Morgan fingerprint density at radius 1 is 1.33 bits per heavy atom. The fraction of sp³-hybridized carbons (Fsp3) is 0.182. The predicted octanol–water partition coefficient (Wildman–Crippen LogP) is 0.678. The van der Waals surface area contributed by atoms with Crippen LogP contribution in [-0.4, -0.2) is 30.0 Å². The van der Waals surface area contributed by atoms with Crippen molar-refractivity contribution in [1.82, 2.24) is 5.01 Å². The molecule has 4 nitrogen and oxygen atoms in total. The lowest BCUT2D eigenvalue weighted by molar-refractivity contribution is -0.132. The van der Waals surface area contributed by atoms with E-state index in [0.717, 1.165) is 5.56 Å². The summed E-state index contributed by atoms with van der Waals surface area (Å²) in [4.78, 5) is 22.3.